The number of hydrogen-bond donors (Lipinski definition) is 2. The van der Waals surface area contributed by atoms with Crippen molar-refractivity contribution in [3.63, 3.8) is 0 Å². The second kappa shape index (κ2) is 13.2. The third kappa shape index (κ3) is 7.41. The maximum atomic E-state index is 13.5. The lowest BCUT2D eigenvalue weighted by atomic mass is 10.0. The Kier molecular flexibility index (Phi) is 11.4. The molecule has 2 rings (SSSR count). The summed E-state index contributed by atoms with van der Waals surface area (Å²) < 4.78 is 42.7. The van der Waals surface area contributed by atoms with Crippen molar-refractivity contribution in [3.05, 3.63) is 53.1 Å². The molecule has 0 aromatic heterocycles. The maximum Gasteiger partial charge on any atom is 0.203 e. The molecule has 0 fully saturated rings. The van der Waals surface area contributed by atoms with Gasteiger partial charge in [0.25, 0.3) is 0 Å². The van der Waals surface area contributed by atoms with Gasteiger partial charge in [0.2, 0.25) is 5.75 Å². The lowest BCUT2D eigenvalue weighted by molar-refractivity contribution is 0.324. The molecule has 0 aliphatic carbocycles. The van der Waals surface area contributed by atoms with Crippen LogP contribution in [0.4, 0.5) is 8.78 Å². The highest BCUT2D eigenvalue weighted by molar-refractivity contribution is 14.0. The first kappa shape index (κ1) is 26.7. The summed E-state index contributed by atoms with van der Waals surface area (Å²) in [5, 5.41) is 6.42. The highest BCUT2D eigenvalue weighted by atomic mass is 127. The van der Waals surface area contributed by atoms with Crippen molar-refractivity contribution in [1.82, 2.24) is 10.6 Å². The van der Waals surface area contributed by atoms with E-state index in [0.29, 0.717) is 48.4 Å². The lowest BCUT2D eigenvalue weighted by Gasteiger charge is -2.17. The van der Waals surface area contributed by atoms with Crippen LogP contribution < -0.4 is 24.8 Å². The molecule has 0 bridgehead atoms. The van der Waals surface area contributed by atoms with E-state index in [1.807, 2.05) is 26.0 Å². The van der Waals surface area contributed by atoms with Crippen molar-refractivity contribution in [2.24, 2.45) is 4.99 Å². The second-order valence-corrected chi connectivity index (χ2v) is 6.68. The average Bonchev–Trinajstić information content (AvgIpc) is 2.76. The number of nitrogens with zero attached hydrogens (tertiary/aromatic N) is 1. The third-order valence-corrected chi connectivity index (χ3v) is 4.58. The monoisotopic (exact) mass is 549 g/mol. The summed E-state index contributed by atoms with van der Waals surface area (Å²) in [6.07, 6.45) is 0. The highest BCUT2D eigenvalue weighted by Crippen LogP contribution is 2.38. The maximum absolute atomic E-state index is 13.5. The number of guanidine groups is 1. The second-order valence-electron chi connectivity index (χ2n) is 6.68. The van der Waals surface area contributed by atoms with Crippen LogP contribution in [0, 0.1) is 11.6 Å². The predicted molar refractivity (Wildman–Crippen MR) is 129 cm³/mol. The van der Waals surface area contributed by atoms with Crippen LogP contribution in [0.15, 0.2) is 35.3 Å². The molecule has 0 spiro atoms. The van der Waals surface area contributed by atoms with Crippen LogP contribution in [0.5, 0.6) is 17.2 Å². The van der Waals surface area contributed by atoms with Crippen molar-refractivity contribution in [3.8, 4) is 17.2 Å². The topological polar surface area (TPSA) is 64.1 Å². The van der Waals surface area contributed by atoms with Crippen LogP contribution in [0.25, 0.3) is 0 Å². The Morgan fingerprint density at radius 3 is 2.13 bits per heavy atom. The van der Waals surface area contributed by atoms with Crippen LogP contribution in [0.1, 0.15) is 30.9 Å². The molecule has 9 heteroatoms. The highest BCUT2D eigenvalue weighted by Gasteiger charge is 2.14. The molecule has 0 amide bonds. The Balaban J connectivity index is 0.00000480. The van der Waals surface area contributed by atoms with E-state index >= 15 is 0 Å². The number of hydrogen-bond acceptors (Lipinski definition) is 4. The Morgan fingerprint density at radius 1 is 0.968 bits per heavy atom. The van der Waals surface area contributed by atoms with Gasteiger partial charge in [-0.1, -0.05) is 13.0 Å². The molecule has 2 aromatic rings. The first-order valence-corrected chi connectivity index (χ1v) is 9.69. The molecule has 1 atom stereocenters. The van der Waals surface area contributed by atoms with Crippen LogP contribution in [0.2, 0.25) is 0 Å². The van der Waals surface area contributed by atoms with Gasteiger partial charge >= 0.3 is 0 Å². The van der Waals surface area contributed by atoms with E-state index in [2.05, 4.69) is 15.6 Å². The first-order chi connectivity index (χ1) is 14.4. The summed E-state index contributed by atoms with van der Waals surface area (Å²) in [6.45, 7) is 5.47. The van der Waals surface area contributed by atoms with Crippen molar-refractivity contribution >= 4 is 29.9 Å². The number of aliphatic imine (C=N–C) groups is 1. The van der Waals surface area contributed by atoms with Gasteiger partial charge in [0.1, 0.15) is 0 Å². The van der Waals surface area contributed by atoms with E-state index in [4.69, 9.17) is 14.2 Å². The minimum atomic E-state index is -0.848. The fraction of sp³-hybridized carbons (Fsp3) is 0.409. The number of nitrogens with one attached hydrogen (secondary N) is 2. The van der Waals surface area contributed by atoms with Gasteiger partial charge < -0.3 is 24.8 Å². The predicted octanol–water partition coefficient (Wildman–Crippen LogP) is 4.47. The molecular formula is C22H30F2IN3O3. The Labute approximate surface area is 199 Å². The molecule has 0 radical (unpaired) electrons. The number of rotatable bonds is 9. The molecule has 6 nitrogen and oxygen atoms in total. The SMILES string of the molecule is CCNC(=NCc1cc(OC)c(OC)c(OC)c1)NCC(C)c1ccc(F)c(F)c1.I. The Bertz CT molecular complexity index is 856. The third-order valence-electron chi connectivity index (χ3n) is 4.58. The summed E-state index contributed by atoms with van der Waals surface area (Å²) >= 11 is 0. The molecule has 2 N–H and O–H groups in total. The minimum absolute atomic E-state index is 0. The quantitative estimate of drug-likeness (QED) is 0.275. The summed E-state index contributed by atoms with van der Waals surface area (Å²) in [6, 6.07) is 7.65. The van der Waals surface area contributed by atoms with Crippen LogP contribution >= 0.6 is 24.0 Å². The van der Waals surface area contributed by atoms with E-state index in [1.54, 1.807) is 27.4 Å². The molecule has 0 saturated heterocycles. The van der Waals surface area contributed by atoms with Gasteiger partial charge in [-0.15, -0.1) is 24.0 Å². The van der Waals surface area contributed by atoms with Gasteiger partial charge in [0, 0.05) is 13.1 Å². The van der Waals surface area contributed by atoms with Crippen LogP contribution in [0.3, 0.4) is 0 Å². The molecule has 0 heterocycles. The zero-order valence-corrected chi connectivity index (χ0v) is 20.8. The van der Waals surface area contributed by atoms with E-state index in [1.165, 1.54) is 6.07 Å². The largest absolute Gasteiger partial charge is 0.493 e. The smallest absolute Gasteiger partial charge is 0.203 e. The van der Waals surface area contributed by atoms with E-state index < -0.39 is 11.6 Å². The van der Waals surface area contributed by atoms with Crippen molar-refractivity contribution in [1.29, 1.82) is 0 Å². The zero-order chi connectivity index (χ0) is 22.1. The average molecular weight is 549 g/mol. The van der Waals surface area contributed by atoms with Crippen molar-refractivity contribution in [2.45, 2.75) is 26.3 Å². The van der Waals surface area contributed by atoms with Gasteiger partial charge in [-0.25, -0.2) is 13.8 Å². The van der Waals surface area contributed by atoms with E-state index in [0.717, 1.165) is 11.6 Å². The summed E-state index contributed by atoms with van der Waals surface area (Å²) in [7, 11) is 4.69. The van der Waals surface area contributed by atoms with Gasteiger partial charge in [-0.3, -0.25) is 0 Å². The minimum Gasteiger partial charge on any atom is -0.493 e. The van der Waals surface area contributed by atoms with Crippen LogP contribution in [-0.4, -0.2) is 40.4 Å². The summed E-state index contributed by atoms with van der Waals surface area (Å²) in [5.41, 5.74) is 1.59. The standard InChI is InChI=1S/C22H29F2N3O3.HI/c1-6-25-22(26-12-14(2)16-7-8-17(23)18(24)11-16)27-13-15-9-19(28-3)21(30-5)20(10-15)29-4;/h7-11,14H,6,12-13H2,1-5H3,(H2,25,26,27);1H. The molecule has 0 aliphatic heterocycles. The van der Waals surface area contributed by atoms with Gasteiger partial charge in [0.05, 0.1) is 27.9 Å². The van der Waals surface area contributed by atoms with Crippen molar-refractivity contribution in [2.75, 3.05) is 34.4 Å². The fourth-order valence-electron chi connectivity index (χ4n) is 2.93. The Hall–Kier alpha value is -2.30. The van der Waals surface area contributed by atoms with E-state index in [-0.39, 0.29) is 29.9 Å². The first-order valence-electron chi connectivity index (χ1n) is 9.69. The summed E-state index contributed by atoms with van der Waals surface area (Å²) in [4.78, 5) is 4.60. The molecule has 2 aromatic carbocycles. The lowest BCUT2D eigenvalue weighted by Crippen LogP contribution is -2.39. The zero-order valence-electron chi connectivity index (χ0n) is 18.4. The van der Waals surface area contributed by atoms with Crippen LogP contribution in [-0.2, 0) is 6.54 Å². The molecule has 0 saturated carbocycles. The fourth-order valence-corrected chi connectivity index (χ4v) is 2.93. The molecular weight excluding hydrogens is 519 g/mol. The normalized spacial score (nSPS) is 11.9. The molecule has 0 aliphatic rings. The van der Waals surface area contributed by atoms with Gasteiger partial charge in [-0.05, 0) is 48.2 Å². The number of ether oxygens (including phenoxy) is 3. The number of methoxy groups -OCH3 is 3. The molecule has 172 valence electrons. The van der Waals surface area contributed by atoms with Gasteiger partial charge in [0.15, 0.2) is 29.1 Å². The van der Waals surface area contributed by atoms with E-state index in [9.17, 15) is 8.78 Å². The molecule has 31 heavy (non-hydrogen) atoms. The van der Waals surface area contributed by atoms with Gasteiger partial charge in [-0.2, -0.15) is 0 Å². The number of halogens is 3. The van der Waals surface area contributed by atoms with Crippen molar-refractivity contribution < 1.29 is 23.0 Å². The Morgan fingerprint density at radius 2 is 1.61 bits per heavy atom. The molecule has 1 unspecified atom stereocenters. The summed E-state index contributed by atoms with van der Waals surface area (Å²) in [5.74, 6) is 0.532. The number of benzene rings is 2.